The zero-order valence-electron chi connectivity index (χ0n) is 19.1. The van der Waals surface area contributed by atoms with Gasteiger partial charge in [-0.25, -0.2) is 4.79 Å². The number of nitrogens with zero attached hydrogens (tertiary/aromatic N) is 2. The number of hydrogen-bond donors (Lipinski definition) is 1. The molecule has 3 aromatic rings. The van der Waals surface area contributed by atoms with E-state index in [1.165, 1.54) is 33.8 Å². The van der Waals surface area contributed by atoms with E-state index in [4.69, 9.17) is 4.74 Å². The Morgan fingerprint density at radius 3 is 2.69 bits per heavy atom. The van der Waals surface area contributed by atoms with Crippen LogP contribution in [-0.4, -0.2) is 28.1 Å². The molecule has 0 bridgehead atoms. The lowest BCUT2D eigenvalue weighted by atomic mass is 9.95. The van der Waals surface area contributed by atoms with Crippen molar-refractivity contribution in [2.45, 2.75) is 65.1 Å². The van der Waals surface area contributed by atoms with Crippen molar-refractivity contribution in [3.63, 3.8) is 0 Å². The van der Waals surface area contributed by atoms with Crippen LogP contribution in [0.1, 0.15) is 66.9 Å². The Morgan fingerprint density at radius 2 is 1.94 bits per heavy atom. The molecule has 0 fully saturated rings. The van der Waals surface area contributed by atoms with Crippen molar-refractivity contribution in [2.24, 2.45) is 0 Å². The molecule has 32 heavy (non-hydrogen) atoms. The van der Waals surface area contributed by atoms with Gasteiger partial charge in [0.15, 0.2) is 0 Å². The smallest absolute Gasteiger partial charge is 0.318 e. The van der Waals surface area contributed by atoms with Crippen molar-refractivity contribution < 1.29 is 9.53 Å². The molecule has 2 aromatic heterocycles. The SMILES string of the molecule is CCOc1ccc([C@H]2c3cccn3-c3sc4c(c3CN2C(=O)NC(C)C)CCCC4)cc1. The highest BCUT2D eigenvalue weighted by Gasteiger charge is 2.36. The lowest BCUT2D eigenvalue weighted by Crippen LogP contribution is -2.44. The zero-order valence-corrected chi connectivity index (χ0v) is 19.9. The highest BCUT2D eigenvalue weighted by molar-refractivity contribution is 7.15. The molecule has 2 aliphatic rings. The average Bonchev–Trinajstić information content (AvgIpc) is 3.36. The molecule has 0 saturated carbocycles. The number of carbonyl (C=O) groups is 1. The first-order valence-electron chi connectivity index (χ1n) is 11.7. The number of carbonyl (C=O) groups excluding carboxylic acids is 1. The summed E-state index contributed by atoms with van der Waals surface area (Å²) in [5, 5.41) is 4.44. The van der Waals surface area contributed by atoms with Crippen LogP contribution < -0.4 is 10.1 Å². The van der Waals surface area contributed by atoms with Crippen LogP contribution in [0.25, 0.3) is 5.00 Å². The third-order valence-corrected chi connectivity index (χ3v) is 7.69. The summed E-state index contributed by atoms with van der Waals surface area (Å²) in [6.07, 6.45) is 6.92. The van der Waals surface area contributed by atoms with Crippen molar-refractivity contribution in [3.05, 3.63) is 69.9 Å². The van der Waals surface area contributed by atoms with Crippen molar-refractivity contribution in [3.8, 4) is 10.8 Å². The number of nitrogens with one attached hydrogen (secondary N) is 1. The lowest BCUT2D eigenvalue weighted by Gasteiger charge is -2.32. The number of aryl methyl sites for hydroxylation is 1. The van der Waals surface area contributed by atoms with Gasteiger partial charge in [-0.3, -0.25) is 0 Å². The number of fused-ring (bicyclic) bond motifs is 5. The van der Waals surface area contributed by atoms with E-state index in [1.54, 1.807) is 0 Å². The number of thiophene rings is 1. The molecule has 0 unspecified atom stereocenters. The van der Waals surface area contributed by atoms with Gasteiger partial charge in [-0.2, -0.15) is 0 Å². The van der Waals surface area contributed by atoms with Crippen molar-refractivity contribution in [1.29, 1.82) is 0 Å². The fourth-order valence-corrected chi connectivity index (χ4v) is 6.38. The second-order valence-corrected chi connectivity index (χ2v) is 10.0. The molecule has 5 rings (SSSR count). The first kappa shape index (κ1) is 21.1. The Kier molecular flexibility index (Phi) is 5.72. The molecule has 1 aliphatic carbocycles. The number of aromatic nitrogens is 1. The molecule has 1 aliphatic heterocycles. The minimum Gasteiger partial charge on any atom is -0.494 e. The molecule has 2 amide bonds. The second-order valence-electron chi connectivity index (χ2n) is 8.93. The Morgan fingerprint density at radius 1 is 1.16 bits per heavy atom. The number of ether oxygens (including phenoxy) is 1. The van der Waals surface area contributed by atoms with Gasteiger partial charge in [0, 0.05) is 22.7 Å². The maximum atomic E-state index is 13.5. The van der Waals surface area contributed by atoms with E-state index in [0.29, 0.717) is 13.2 Å². The average molecular weight is 450 g/mol. The van der Waals surface area contributed by atoms with E-state index < -0.39 is 0 Å². The normalized spacial score (nSPS) is 17.4. The van der Waals surface area contributed by atoms with Gasteiger partial charge in [-0.1, -0.05) is 12.1 Å². The first-order valence-corrected chi connectivity index (χ1v) is 12.5. The number of benzene rings is 1. The maximum absolute atomic E-state index is 13.5. The summed E-state index contributed by atoms with van der Waals surface area (Å²) in [7, 11) is 0. The predicted octanol–water partition coefficient (Wildman–Crippen LogP) is 5.84. The minimum atomic E-state index is -0.168. The fraction of sp³-hybridized carbons (Fsp3) is 0.423. The van der Waals surface area contributed by atoms with E-state index in [9.17, 15) is 4.79 Å². The number of rotatable bonds is 4. The molecular formula is C26H31N3O2S. The second kappa shape index (κ2) is 8.66. The molecule has 0 saturated heterocycles. The minimum absolute atomic E-state index is 0.0183. The molecule has 1 atom stereocenters. The van der Waals surface area contributed by atoms with Crippen LogP contribution in [-0.2, 0) is 19.4 Å². The molecule has 5 nitrogen and oxygen atoms in total. The van der Waals surface area contributed by atoms with Gasteiger partial charge in [0.2, 0.25) is 0 Å². The topological polar surface area (TPSA) is 46.5 Å². The molecule has 6 heteroatoms. The number of amides is 2. The Labute approximate surface area is 194 Å². The predicted molar refractivity (Wildman–Crippen MR) is 129 cm³/mol. The molecule has 3 heterocycles. The van der Waals surface area contributed by atoms with Crippen LogP contribution in [0.3, 0.4) is 0 Å². The molecule has 0 radical (unpaired) electrons. The highest BCUT2D eigenvalue weighted by Crippen LogP contribution is 2.44. The monoisotopic (exact) mass is 449 g/mol. The lowest BCUT2D eigenvalue weighted by molar-refractivity contribution is 0.178. The number of hydrogen-bond acceptors (Lipinski definition) is 3. The summed E-state index contributed by atoms with van der Waals surface area (Å²) in [5.74, 6) is 0.853. The van der Waals surface area contributed by atoms with E-state index >= 15 is 0 Å². The third-order valence-electron chi connectivity index (χ3n) is 6.36. The van der Waals surface area contributed by atoms with Crippen LogP contribution >= 0.6 is 11.3 Å². The molecule has 168 valence electrons. The van der Waals surface area contributed by atoms with Gasteiger partial charge in [0.1, 0.15) is 10.8 Å². The molecule has 0 spiro atoms. The van der Waals surface area contributed by atoms with Crippen LogP contribution in [0, 0.1) is 0 Å². The Balaban J connectivity index is 1.65. The standard InChI is InChI=1S/C26H31N3O2S/c1-4-31-19-13-11-18(12-14-19)24-22-9-7-15-28(22)25-21(16-29(24)26(30)27-17(2)3)20-8-5-6-10-23(20)32-25/h7,9,11-15,17,24H,4-6,8,10,16H2,1-3H3,(H,27,30)/t24-/m0/s1. The van der Waals surface area contributed by atoms with Crippen molar-refractivity contribution in [1.82, 2.24) is 14.8 Å². The van der Waals surface area contributed by atoms with Crippen molar-refractivity contribution >= 4 is 17.4 Å². The number of urea groups is 1. The summed E-state index contributed by atoms with van der Waals surface area (Å²) in [6.45, 7) is 7.28. The van der Waals surface area contributed by atoms with Gasteiger partial charge >= 0.3 is 6.03 Å². The van der Waals surface area contributed by atoms with Gasteiger partial charge in [-0.05, 0) is 81.8 Å². The molecule has 1 aromatic carbocycles. The summed E-state index contributed by atoms with van der Waals surface area (Å²) < 4.78 is 7.98. The van der Waals surface area contributed by atoms with Gasteiger partial charge in [-0.15, -0.1) is 11.3 Å². The van der Waals surface area contributed by atoms with Crippen LogP contribution in [0.4, 0.5) is 4.79 Å². The van der Waals surface area contributed by atoms with Gasteiger partial charge in [0.25, 0.3) is 0 Å². The van der Waals surface area contributed by atoms with Gasteiger partial charge in [0.05, 0.1) is 24.9 Å². The molecular weight excluding hydrogens is 418 g/mol. The van der Waals surface area contributed by atoms with E-state index in [-0.39, 0.29) is 18.1 Å². The maximum Gasteiger partial charge on any atom is 0.318 e. The van der Waals surface area contributed by atoms with Gasteiger partial charge < -0.3 is 19.5 Å². The fourth-order valence-electron chi connectivity index (χ4n) is 4.98. The first-order chi connectivity index (χ1) is 15.6. The van der Waals surface area contributed by atoms with E-state index in [0.717, 1.165) is 29.8 Å². The zero-order chi connectivity index (χ0) is 22.2. The summed E-state index contributed by atoms with van der Waals surface area (Å²) in [5.41, 5.74) is 5.03. The Hall–Kier alpha value is -2.73. The third kappa shape index (κ3) is 3.71. The summed E-state index contributed by atoms with van der Waals surface area (Å²) in [4.78, 5) is 17.1. The van der Waals surface area contributed by atoms with E-state index in [2.05, 4.69) is 40.3 Å². The van der Waals surface area contributed by atoms with Crippen LogP contribution in [0.5, 0.6) is 5.75 Å². The van der Waals surface area contributed by atoms with E-state index in [1.807, 2.05) is 49.1 Å². The summed E-state index contributed by atoms with van der Waals surface area (Å²) >= 11 is 1.92. The van der Waals surface area contributed by atoms with Crippen LogP contribution in [0.15, 0.2) is 42.6 Å². The highest BCUT2D eigenvalue weighted by atomic mass is 32.1. The van der Waals surface area contributed by atoms with Crippen LogP contribution in [0.2, 0.25) is 0 Å². The Bertz CT molecular complexity index is 1110. The quantitative estimate of drug-likeness (QED) is 0.544. The van der Waals surface area contributed by atoms with Crippen molar-refractivity contribution in [2.75, 3.05) is 6.61 Å². The summed E-state index contributed by atoms with van der Waals surface area (Å²) in [6, 6.07) is 12.4. The largest absolute Gasteiger partial charge is 0.494 e. The molecule has 1 N–H and O–H groups in total.